The van der Waals surface area contributed by atoms with Crippen LogP contribution in [0.2, 0.25) is 0 Å². The highest BCUT2D eigenvalue weighted by Gasteiger charge is 2.10. The molecule has 1 aromatic heterocycles. The van der Waals surface area contributed by atoms with Gasteiger partial charge in [-0.3, -0.25) is 9.59 Å². The largest absolute Gasteiger partial charge is 0.397 e. The van der Waals surface area contributed by atoms with Gasteiger partial charge in [0.25, 0.3) is 5.91 Å². The number of nitrogens with zero attached hydrogens (tertiary/aromatic N) is 2. The third kappa shape index (κ3) is 3.82. The smallest absolute Gasteiger partial charge is 0.271 e. The van der Waals surface area contributed by atoms with E-state index < -0.39 is 0 Å². The summed E-state index contributed by atoms with van der Waals surface area (Å²) in [6, 6.07) is 8.88. The van der Waals surface area contributed by atoms with Crippen LogP contribution in [0.3, 0.4) is 0 Å². The number of anilines is 1. The second-order valence-corrected chi connectivity index (χ2v) is 4.44. The average Bonchev–Trinajstić information content (AvgIpc) is 2.93. The standard InChI is InChI=1S/C14H17N5O2/c1-10(20)16-7-8-17-14(21)12-6-9-19(18-12)13-5-3-2-4-11(13)15/h2-6,9H,7-8,15H2,1H3,(H,16,20)(H,17,21). The van der Waals surface area contributed by atoms with Gasteiger partial charge in [-0.15, -0.1) is 0 Å². The summed E-state index contributed by atoms with van der Waals surface area (Å²) in [5.74, 6) is -0.429. The Labute approximate surface area is 122 Å². The summed E-state index contributed by atoms with van der Waals surface area (Å²) in [7, 11) is 0. The number of nitrogens with one attached hydrogen (secondary N) is 2. The second kappa shape index (κ2) is 6.56. The first-order valence-corrected chi connectivity index (χ1v) is 6.51. The molecule has 110 valence electrons. The molecule has 0 saturated carbocycles. The molecule has 0 aliphatic heterocycles. The van der Waals surface area contributed by atoms with Crippen molar-refractivity contribution in [2.45, 2.75) is 6.92 Å². The van der Waals surface area contributed by atoms with Crippen molar-refractivity contribution in [1.29, 1.82) is 0 Å². The summed E-state index contributed by atoms with van der Waals surface area (Å²) in [6.45, 7) is 2.15. The first-order valence-electron chi connectivity index (χ1n) is 6.51. The van der Waals surface area contributed by atoms with Gasteiger partial charge >= 0.3 is 0 Å². The fourth-order valence-corrected chi connectivity index (χ4v) is 1.78. The maximum absolute atomic E-state index is 11.9. The number of nitrogen functional groups attached to an aromatic ring is 1. The van der Waals surface area contributed by atoms with Crippen LogP contribution in [0.1, 0.15) is 17.4 Å². The molecule has 0 fully saturated rings. The Morgan fingerprint density at radius 3 is 2.62 bits per heavy atom. The van der Waals surface area contributed by atoms with E-state index in [1.165, 1.54) is 6.92 Å². The van der Waals surface area contributed by atoms with Gasteiger partial charge in [0.1, 0.15) is 0 Å². The van der Waals surface area contributed by atoms with E-state index in [0.29, 0.717) is 24.5 Å². The van der Waals surface area contributed by atoms with Crippen molar-refractivity contribution in [2.24, 2.45) is 0 Å². The molecule has 0 aliphatic rings. The normalized spacial score (nSPS) is 10.1. The van der Waals surface area contributed by atoms with Gasteiger partial charge in [-0.05, 0) is 18.2 Å². The molecule has 0 bridgehead atoms. The lowest BCUT2D eigenvalue weighted by Crippen LogP contribution is -2.33. The topological polar surface area (TPSA) is 102 Å². The van der Waals surface area contributed by atoms with Gasteiger partial charge in [0.05, 0.1) is 11.4 Å². The SMILES string of the molecule is CC(=O)NCCNC(=O)c1ccn(-c2ccccc2N)n1. The van der Waals surface area contributed by atoms with Gasteiger partial charge in [0, 0.05) is 26.2 Å². The number of para-hydroxylation sites is 2. The zero-order chi connectivity index (χ0) is 15.2. The van der Waals surface area contributed by atoms with Crippen LogP contribution in [0.15, 0.2) is 36.5 Å². The molecular weight excluding hydrogens is 270 g/mol. The quantitative estimate of drug-likeness (QED) is 0.544. The zero-order valence-electron chi connectivity index (χ0n) is 11.7. The number of carbonyl (C=O) groups excluding carboxylic acids is 2. The van der Waals surface area contributed by atoms with Crippen molar-refractivity contribution >= 4 is 17.5 Å². The summed E-state index contributed by atoms with van der Waals surface area (Å²) >= 11 is 0. The lowest BCUT2D eigenvalue weighted by molar-refractivity contribution is -0.118. The van der Waals surface area contributed by atoms with Crippen LogP contribution in [-0.2, 0) is 4.79 Å². The van der Waals surface area contributed by atoms with Crippen LogP contribution in [0.4, 0.5) is 5.69 Å². The molecular formula is C14H17N5O2. The summed E-state index contributed by atoms with van der Waals surface area (Å²) in [6.07, 6.45) is 1.68. The number of hydrogen-bond acceptors (Lipinski definition) is 4. The van der Waals surface area contributed by atoms with Gasteiger partial charge < -0.3 is 16.4 Å². The number of benzene rings is 1. The Balaban J connectivity index is 1.98. The van der Waals surface area contributed by atoms with Crippen LogP contribution < -0.4 is 16.4 Å². The minimum absolute atomic E-state index is 0.131. The van der Waals surface area contributed by atoms with Gasteiger partial charge in [-0.25, -0.2) is 4.68 Å². The van der Waals surface area contributed by atoms with E-state index in [-0.39, 0.29) is 11.8 Å². The van der Waals surface area contributed by atoms with Crippen LogP contribution in [-0.4, -0.2) is 34.7 Å². The average molecular weight is 287 g/mol. The molecule has 2 aromatic rings. The van der Waals surface area contributed by atoms with Crippen LogP contribution in [0.5, 0.6) is 0 Å². The number of rotatable bonds is 5. The number of amides is 2. The second-order valence-electron chi connectivity index (χ2n) is 4.44. The lowest BCUT2D eigenvalue weighted by Gasteiger charge is -2.05. The zero-order valence-corrected chi connectivity index (χ0v) is 11.7. The fraction of sp³-hybridized carbons (Fsp3) is 0.214. The summed E-state index contributed by atoms with van der Waals surface area (Å²) in [5.41, 5.74) is 7.45. The van der Waals surface area contributed by atoms with E-state index in [4.69, 9.17) is 5.73 Å². The molecule has 0 atom stereocenters. The van der Waals surface area contributed by atoms with Crippen molar-refractivity contribution in [1.82, 2.24) is 20.4 Å². The van der Waals surface area contributed by atoms with Gasteiger partial charge in [0.2, 0.25) is 5.91 Å². The van der Waals surface area contributed by atoms with Crippen molar-refractivity contribution in [3.63, 3.8) is 0 Å². The molecule has 4 N–H and O–H groups in total. The molecule has 0 unspecified atom stereocenters. The predicted octanol–water partition coefficient (Wildman–Crippen LogP) is 0.320. The van der Waals surface area contributed by atoms with E-state index in [9.17, 15) is 9.59 Å². The number of nitrogens with two attached hydrogens (primary N) is 1. The van der Waals surface area contributed by atoms with Crippen LogP contribution in [0.25, 0.3) is 5.69 Å². The Morgan fingerprint density at radius 1 is 1.19 bits per heavy atom. The summed E-state index contributed by atoms with van der Waals surface area (Å²) in [5, 5.41) is 9.46. The Kier molecular flexibility index (Phi) is 4.55. The highest BCUT2D eigenvalue weighted by atomic mass is 16.2. The first kappa shape index (κ1) is 14.6. The molecule has 2 rings (SSSR count). The van der Waals surface area contributed by atoms with Gasteiger partial charge in [-0.2, -0.15) is 5.10 Å². The van der Waals surface area contributed by atoms with Gasteiger partial charge in [-0.1, -0.05) is 12.1 Å². The van der Waals surface area contributed by atoms with Gasteiger partial charge in [0.15, 0.2) is 5.69 Å². The molecule has 1 heterocycles. The fourth-order valence-electron chi connectivity index (χ4n) is 1.78. The molecule has 0 aliphatic carbocycles. The third-order valence-corrected chi connectivity index (χ3v) is 2.79. The lowest BCUT2D eigenvalue weighted by atomic mass is 10.3. The van der Waals surface area contributed by atoms with E-state index in [0.717, 1.165) is 5.69 Å². The highest BCUT2D eigenvalue weighted by Crippen LogP contribution is 2.15. The molecule has 7 heteroatoms. The molecule has 0 radical (unpaired) electrons. The number of hydrogen-bond donors (Lipinski definition) is 3. The van der Waals surface area contributed by atoms with Crippen molar-refractivity contribution in [2.75, 3.05) is 18.8 Å². The summed E-state index contributed by atoms with van der Waals surface area (Å²) in [4.78, 5) is 22.6. The van der Waals surface area contributed by atoms with E-state index in [1.54, 1.807) is 23.0 Å². The first-order chi connectivity index (χ1) is 10.1. The van der Waals surface area contributed by atoms with Crippen molar-refractivity contribution in [3.8, 4) is 5.69 Å². The maximum atomic E-state index is 11.9. The van der Waals surface area contributed by atoms with Crippen LogP contribution >= 0.6 is 0 Å². The van der Waals surface area contributed by atoms with Crippen LogP contribution in [0, 0.1) is 0 Å². The summed E-state index contributed by atoms with van der Waals surface area (Å²) < 4.78 is 1.55. The Hall–Kier alpha value is -2.83. The molecule has 1 aromatic carbocycles. The molecule has 21 heavy (non-hydrogen) atoms. The van der Waals surface area contributed by atoms with E-state index >= 15 is 0 Å². The minimum atomic E-state index is -0.298. The van der Waals surface area contributed by atoms with Crippen molar-refractivity contribution < 1.29 is 9.59 Å². The third-order valence-electron chi connectivity index (χ3n) is 2.79. The Bertz CT molecular complexity index is 650. The molecule has 0 spiro atoms. The highest BCUT2D eigenvalue weighted by molar-refractivity contribution is 5.92. The van der Waals surface area contributed by atoms with E-state index in [2.05, 4.69) is 15.7 Å². The molecule has 0 saturated heterocycles. The van der Waals surface area contributed by atoms with E-state index in [1.807, 2.05) is 18.2 Å². The molecule has 2 amide bonds. The minimum Gasteiger partial charge on any atom is -0.397 e. The van der Waals surface area contributed by atoms with Crippen molar-refractivity contribution in [3.05, 3.63) is 42.2 Å². The Morgan fingerprint density at radius 2 is 1.90 bits per heavy atom. The number of carbonyl (C=O) groups is 2. The monoisotopic (exact) mass is 287 g/mol. The maximum Gasteiger partial charge on any atom is 0.271 e. The predicted molar refractivity (Wildman–Crippen MR) is 79.0 cm³/mol. The molecule has 7 nitrogen and oxygen atoms in total. The number of aromatic nitrogens is 2.